The molecule has 0 spiro atoms. The highest BCUT2D eigenvalue weighted by Crippen LogP contribution is 2.23. The molecule has 31 heavy (non-hydrogen) atoms. The van der Waals surface area contributed by atoms with Crippen LogP contribution in [-0.4, -0.2) is 11.4 Å². The number of unbranched alkanes of at least 4 members (excludes halogenated alkanes) is 5. The lowest BCUT2D eigenvalue weighted by atomic mass is 10.0. The van der Waals surface area contributed by atoms with Gasteiger partial charge < -0.3 is 0 Å². The topological polar surface area (TPSA) is 24.7 Å². The van der Waals surface area contributed by atoms with E-state index in [0.29, 0.717) is 0 Å². The summed E-state index contributed by atoms with van der Waals surface area (Å²) in [5.74, 6) is 0. The average molecular weight is 419 g/mol. The molecule has 2 aromatic rings. The molecule has 0 fully saturated rings. The zero-order chi connectivity index (χ0) is 22.6. The highest BCUT2D eigenvalue weighted by Gasteiger charge is 2.11. The molecule has 0 saturated heterocycles. The highest BCUT2D eigenvalue weighted by atomic mass is 14.8. The van der Waals surface area contributed by atoms with Crippen LogP contribution in [0.4, 0.5) is 11.4 Å². The van der Waals surface area contributed by atoms with E-state index in [0.717, 1.165) is 24.2 Å². The Bertz CT molecular complexity index is 890. The molecule has 2 nitrogen and oxygen atoms in total. The second-order valence-corrected chi connectivity index (χ2v) is 8.92. The van der Waals surface area contributed by atoms with Gasteiger partial charge >= 0.3 is 0 Å². The fourth-order valence-electron chi connectivity index (χ4n) is 3.69. The van der Waals surface area contributed by atoms with Crippen molar-refractivity contribution in [3.63, 3.8) is 0 Å². The number of benzene rings is 2. The van der Waals surface area contributed by atoms with Gasteiger partial charge in [0.25, 0.3) is 0 Å². The Morgan fingerprint density at radius 1 is 0.548 bits per heavy atom. The standard InChI is InChI=1S/C29H42N2/c1-7-9-11-13-15-29(31-27-19-17-23(4)25(6)21-27)28(14-12-10-8-2)30-26-18-16-22(3)24(5)20-26/h16-21H,7-15H2,1-6H3. The lowest BCUT2D eigenvalue weighted by Gasteiger charge is -2.13. The summed E-state index contributed by atoms with van der Waals surface area (Å²) in [6.45, 7) is 13.2. The minimum atomic E-state index is 0.998. The molecule has 0 aliphatic rings. The summed E-state index contributed by atoms with van der Waals surface area (Å²) in [5, 5.41) is 0. The largest absolute Gasteiger partial charge is 0.252 e. The van der Waals surface area contributed by atoms with Gasteiger partial charge in [0.15, 0.2) is 0 Å². The summed E-state index contributed by atoms with van der Waals surface area (Å²) in [4.78, 5) is 10.3. The first-order chi connectivity index (χ1) is 14.9. The van der Waals surface area contributed by atoms with Gasteiger partial charge in [-0.15, -0.1) is 0 Å². The molecule has 0 bridgehead atoms. The molecule has 0 aromatic heterocycles. The van der Waals surface area contributed by atoms with Crippen molar-refractivity contribution < 1.29 is 0 Å². The second kappa shape index (κ2) is 13.2. The summed E-state index contributed by atoms with van der Waals surface area (Å²) in [5.41, 5.74) is 9.67. The number of aryl methyl sites for hydroxylation is 4. The Morgan fingerprint density at radius 3 is 1.39 bits per heavy atom. The maximum Gasteiger partial charge on any atom is 0.0636 e. The normalized spacial score (nSPS) is 12.5. The zero-order valence-electron chi connectivity index (χ0n) is 20.7. The molecule has 0 amide bonds. The van der Waals surface area contributed by atoms with Crippen molar-refractivity contribution in [3.05, 3.63) is 58.7 Å². The van der Waals surface area contributed by atoms with Crippen LogP contribution in [0.15, 0.2) is 46.4 Å². The average Bonchev–Trinajstić information content (AvgIpc) is 2.75. The van der Waals surface area contributed by atoms with Crippen molar-refractivity contribution in [1.29, 1.82) is 0 Å². The van der Waals surface area contributed by atoms with Crippen LogP contribution in [0.3, 0.4) is 0 Å². The van der Waals surface area contributed by atoms with Crippen molar-refractivity contribution in [2.75, 3.05) is 0 Å². The first kappa shape index (κ1) is 25.0. The number of hydrogen-bond donors (Lipinski definition) is 0. The third kappa shape index (κ3) is 8.44. The minimum absolute atomic E-state index is 0.998. The van der Waals surface area contributed by atoms with Gasteiger partial charge in [0.05, 0.1) is 22.8 Å². The highest BCUT2D eigenvalue weighted by molar-refractivity contribution is 6.43. The van der Waals surface area contributed by atoms with Crippen LogP contribution in [0.2, 0.25) is 0 Å². The van der Waals surface area contributed by atoms with Crippen LogP contribution in [-0.2, 0) is 0 Å². The van der Waals surface area contributed by atoms with E-state index in [-0.39, 0.29) is 0 Å². The Morgan fingerprint density at radius 2 is 0.968 bits per heavy atom. The third-order valence-corrected chi connectivity index (χ3v) is 6.13. The summed E-state index contributed by atoms with van der Waals surface area (Å²) in [6.07, 6.45) is 10.6. The maximum absolute atomic E-state index is 5.16. The van der Waals surface area contributed by atoms with E-state index in [1.54, 1.807) is 0 Å². The first-order valence-electron chi connectivity index (χ1n) is 12.2. The monoisotopic (exact) mass is 418 g/mol. The molecule has 0 saturated carbocycles. The summed E-state index contributed by atoms with van der Waals surface area (Å²) >= 11 is 0. The van der Waals surface area contributed by atoms with E-state index in [1.165, 1.54) is 78.6 Å². The Hall–Kier alpha value is -2.22. The summed E-state index contributed by atoms with van der Waals surface area (Å²) in [7, 11) is 0. The van der Waals surface area contributed by atoms with Crippen LogP contribution in [0, 0.1) is 27.7 Å². The van der Waals surface area contributed by atoms with Gasteiger partial charge in [-0.25, -0.2) is 0 Å². The number of rotatable bonds is 12. The van der Waals surface area contributed by atoms with Gasteiger partial charge in [0.2, 0.25) is 0 Å². The van der Waals surface area contributed by atoms with E-state index < -0.39 is 0 Å². The van der Waals surface area contributed by atoms with E-state index in [4.69, 9.17) is 9.98 Å². The minimum Gasteiger partial charge on any atom is -0.252 e. The van der Waals surface area contributed by atoms with Crippen LogP contribution < -0.4 is 0 Å². The van der Waals surface area contributed by atoms with Crippen LogP contribution >= 0.6 is 0 Å². The second-order valence-electron chi connectivity index (χ2n) is 8.92. The van der Waals surface area contributed by atoms with Gasteiger partial charge in [0.1, 0.15) is 0 Å². The fourth-order valence-corrected chi connectivity index (χ4v) is 3.69. The summed E-state index contributed by atoms with van der Waals surface area (Å²) in [6, 6.07) is 13.1. The molecule has 0 unspecified atom stereocenters. The number of aliphatic imine (C=N–C) groups is 2. The maximum atomic E-state index is 5.16. The van der Waals surface area contributed by atoms with Crippen LogP contribution in [0.5, 0.6) is 0 Å². The Kier molecular flexibility index (Phi) is 10.7. The molecule has 168 valence electrons. The summed E-state index contributed by atoms with van der Waals surface area (Å²) < 4.78 is 0. The lowest BCUT2D eigenvalue weighted by molar-refractivity contribution is 0.683. The van der Waals surface area contributed by atoms with Gasteiger partial charge in [-0.3, -0.25) is 9.98 Å². The fraction of sp³-hybridized carbons (Fsp3) is 0.517. The Labute approximate surface area is 190 Å². The molecule has 0 aliphatic carbocycles. The SMILES string of the molecule is CCCCCCC(=Nc1ccc(C)c(C)c1)C(CCCCC)=Nc1ccc(C)c(C)c1. The molecule has 2 aromatic carbocycles. The van der Waals surface area contributed by atoms with Crippen LogP contribution in [0.1, 0.15) is 93.9 Å². The molecule has 2 heteroatoms. The van der Waals surface area contributed by atoms with E-state index in [9.17, 15) is 0 Å². The zero-order valence-corrected chi connectivity index (χ0v) is 20.7. The molecule has 0 atom stereocenters. The van der Waals surface area contributed by atoms with Crippen LogP contribution in [0.25, 0.3) is 0 Å². The van der Waals surface area contributed by atoms with Crippen molar-refractivity contribution in [2.24, 2.45) is 9.98 Å². The van der Waals surface area contributed by atoms with E-state index in [1.807, 2.05) is 0 Å². The third-order valence-electron chi connectivity index (χ3n) is 6.13. The van der Waals surface area contributed by atoms with Gasteiger partial charge in [-0.1, -0.05) is 58.1 Å². The van der Waals surface area contributed by atoms with Crippen molar-refractivity contribution in [3.8, 4) is 0 Å². The molecule has 0 heterocycles. The van der Waals surface area contributed by atoms with Gasteiger partial charge in [-0.05, 0) is 99.9 Å². The van der Waals surface area contributed by atoms with Gasteiger partial charge in [0, 0.05) is 0 Å². The molecular weight excluding hydrogens is 376 g/mol. The molecule has 0 N–H and O–H groups in total. The first-order valence-corrected chi connectivity index (χ1v) is 12.2. The van der Waals surface area contributed by atoms with Crippen molar-refractivity contribution >= 4 is 22.8 Å². The van der Waals surface area contributed by atoms with Gasteiger partial charge in [-0.2, -0.15) is 0 Å². The number of hydrogen-bond acceptors (Lipinski definition) is 2. The van der Waals surface area contributed by atoms with E-state index in [2.05, 4.69) is 77.9 Å². The Balaban J connectivity index is 2.43. The molecule has 0 aliphatic heterocycles. The quantitative estimate of drug-likeness (QED) is 0.242. The van der Waals surface area contributed by atoms with Crippen molar-refractivity contribution in [1.82, 2.24) is 0 Å². The van der Waals surface area contributed by atoms with Crippen molar-refractivity contribution in [2.45, 2.75) is 99.3 Å². The molecule has 0 radical (unpaired) electrons. The smallest absolute Gasteiger partial charge is 0.0636 e. The lowest BCUT2D eigenvalue weighted by Crippen LogP contribution is -2.14. The predicted molar refractivity (Wildman–Crippen MR) is 139 cm³/mol. The molecule has 2 rings (SSSR count). The molecular formula is C29H42N2. The van der Waals surface area contributed by atoms with E-state index >= 15 is 0 Å². The predicted octanol–water partition coefficient (Wildman–Crippen LogP) is 9.32. The number of nitrogens with zero attached hydrogens (tertiary/aromatic N) is 2.